The molecule has 0 aromatic heterocycles. The standard InChI is InChI=1S/C28H41N3O3S/c1-7-30(8-2)19-26-12-10-9-11-25(26)18-29-28(32)24-13-15-31(16-14-24)35(33,34)27-22(5)20(3)17-21(4)23(27)6/h9-12,17,24H,7-8,13-16,18-19H2,1-6H3,(H,29,32). The molecule has 6 nitrogen and oxygen atoms in total. The minimum Gasteiger partial charge on any atom is -0.352 e. The van der Waals surface area contributed by atoms with Gasteiger partial charge in [0.2, 0.25) is 15.9 Å². The third-order valence-electron chi connectivity index (χ3n) is 7.58. The van der Waals surface area contributed by atoms with Gasteiger partial charge in [0.05, 0.1) is 4.90 Å². The molecule has 1 heterocycles. The third kappa shape index (κ3) is 6.13. The first-order valence-electron chi connectivity index (χ1n) is 12.7. The minimum absolute atomic E-state index is 0.0125. The molecular formula is C28H41N3O3S. The average molecular weight is 500 g/mol. The zero-order valence-electron chi connectivity index (χ0n) is 22.1. The summed E-state index contributed by atoms with van der Waals surface area (Å²) in [7, 11) is -3.60. The second-order valence-corrected chi connectivity index (χ2v) is 11.6. The van der Waals surface area contributed by atoms with Crippen molar-refractivity contribution in [1.82, 2.24) is 14.5 Å². The van der Waals surface area contributed by atoms with E-state index >= 15 is 0 Å². The van der Waals surface area contributed by atoms with Crippen LogP contribution in [0.2, 0.25) is 0 Å². The lowest BCUT2D eigenvalue weighted by atomic mass is 9.97. The van der Waals surface area contributed by atoms with Crippen molar-refractivity contribution in [1.29, 1.82) is 0 Å². The van der Waals surface area contributed by atoms with Crippen LogP contribution in [0.1, 0.15) is 60.1 Å². The highest BCUT2D eigenvalue weighted by Crippen LogP contribution is 2.31. The number of hydrogen-bond donors (Lipinski definition) is 1. The van der Waals surface area contributed by atoms with E-state index in [2.05, 4.69) is 36.2 Å². The highest BCUT2D eigenvalue weighted by molar-refractivity contribution is 7.89. The SMILES string of the molecule is CCN(CC)Cc1ccccc1CNC(=O)C1CCN(S(=O)(=O)c2c(C)c(C)cc(C)c2C)CC1. The molecule has 1 amide bonds. The van der Waals surface area contributed by atoms with Gasteiger partial charge in [-0.3, -0.25) is 9.69 Å². The van der Waals surface area contributed by atoms with Gasteiger partial charge in [-0.05, 0) is 87.0 Å². The van der Waals surface area contributed by atoms with Crippen molar-refractivity contribution in [3.05, 3.63) is 63.7 Å². The Balaban J connectivity index is 1.63. The highest BCUT2D eigenvalue weighted by Gasteiger charge is 2.34. The third-order valence-corrected chi connectivity index (χ3v) is 9.75. The van der Waals surface area contributed by atoms with E-state index < -0.39 is 10.0 Å². The predicted octanol–water partition coefficient (Wildman–Crippen LogP) is 4.48. The zero-order chi connectivity index (χ0) is 25.8. The summed E-state index contributed by atoms with van der Waals surface area (Å²) in [6, 6.07) is 10.3. The fourth-order valence-electron chi connectivity index (χ4n) is 4.95. The minimum atomic E-state index is -3.60. The number of nitrogens with zero attached hydrogens (tertiary/aromatic N) is 2. The maximum absolute atomic E-state index is 13.5. The van der Waals surface area contributed by atoms with Crippen LogP contribution >= 0.6 is 0 Å². The number of benzene rings is 2. The number of carbonyl (C=O) groups excluding carboxylic acids is 1. The smallest absolute Gasteiger partial charge is 0.243 e. The summed E-state index contributed by atoms with van der Waals surface area (Å²) < 4.78 is 28.6. The molecule has 35 heavy (non-hydrogen) atoms. The van der Waals surface area contributed by atoms with Gasteiger partial charge < -0.3 is 5.32 Å². The summed E-state index contributed by atoms with van der Waals surface area (Å²) in [5.74, 6) is -0.156. The summed E-state index contributed by atoms with van der Waals surface area (Å²) in [6.45, 7) is 16.1. The first-order chi connectivity index (χ1) is 16.6. The van der Waals surface area contributed by atoms with E-state index in [1.807, 2.05) is 45.9 Å². The lowest BCUT2D eigenvalue weighted by Gasteiger charge is -2.32. The molecule has 1 N–H and O–H groups in total. The molecule has 192 valence electrons. The Morgan fingerprint density at radius 2 is 1.51 bits per heavy atom. The van der Waals surface area contributed by atoms with Crippen molar-refractivity contribution < 1.29 is 13.2 Å². The molecular weight excluding hydrogens is 458 g/mol. The number of carbonyl (C=O) groups is 1. The van der Waals surface area contributed by atoms with Crippen LogP contribution in [0.15, 0.2) is 35.2 Å². The molecule has 0 spiro atoms. The fourth-order valence-corrected chi connectivity index (χ4v) is 7.00. The Morgan fingerprint density at radius 3 is 2.06 bits per heavy atom. The monoisotopic (exact) mass is 499 g/mol. The molecule has 2 aromatic carbocycles. The van der Waals surface area contributed by atoms with Gasteiger partial charge in [-0.25, -0.2) is 8.42 Å². The normalized spacial score (nSPS) is 15.5. The molecule has 0 bridgehead atoms. The Labute approximate surface area is 211 Å². The molecule has 1 fully saturated rings. The van der Waals surface area contributed by atoms with Crippen molar-refractivity contribution >= 4 is 15.9 Å². The van der Waals surface area contributed by atoms with E-state index in [0.717, 1.165) is 47.5 Å². The van der Waals surface area contributed by atoms with Gasteiger partial charge in [-0.2, -0.15) is 4.31 Å². The maximum atomic E-state index is 13.5. The van der Waals surface area contributed by atoms with E-state index in [1.54, 1.807) is 4.31 Å². The zero-order valence-corrected chi connectivity index (χ0v) is 23.0. The van der Waals surface area contributed by atoms with Crippen molar-refractivity contribution in [2.75, 3.05) is 26.2 Å². The predicted molar refractivity (Wildman–Crippen MR) is 142 cm³/mol. The lowest BCUT2D eigenvalue weighted by Crippen LogP contribution is -2.43. The Hall–Kier alpha value is -2.22. The molecule has 0 atom stereocenters. The van der Waals surface area contributed by atoms with Crippen LogP contribution in [0.4, 0.5) is 0 Å². The quantitative estimate of drug-likeness (QED) is 0.552. The number of rotatable bonds is 9. The van der Waals surface area contributed by atoms with Crippen LogP contribution in [0.5, 0.6) is 0 Å². The number of piperidine rings is 1. The number of amides is 1. The van der Waals surface area contributed by atoms with Crippen LogP contribution < -0.4 is 5.32 Å². The Bertz CT molecular complexity index is 1120. The van der Waals surface area contributed by atoms with Gasteiger partial charge in [-0.15, -0.1) is 0 Å². The van der Waals surface area contributed by atoms with E-state index in [-0.39, 0.29) is 11.8 Å². The van der Waals surface area contributed by atoms with Crippen LogP contribution in [0.3, 0.4) is 0 Å². The van der Waals surface area contributed by atoms with Gasteiger partial charge in [0.1, 0.15) is 0 Å². The molecule has 1 saturated heterocycles. The summed E-state index contributed by atoms with van der Waals surface area (Å²) in [6.07, 6.45) is 1.07. The van der Waals surface area contributed by atoms with E-state index in [1.165, 1.54) is 5.56 Å². The highest BCUT2D eigenvalue weighted by atomic mass is 32.2. The summed E-state index contributed by atoms with van der Waals surface area (Å²) in [4.78, 5) is 15.7. The molecule has 1 aliphatic rings. The first kappa shape index (κ1) is 27.4. The van der Waals surface area contributed by atoms with Crippen LogP contribution in [0.25, 0.3) is 0 Å². The molecule has 0 unspecified atom stereocenters. The number of aryl methyl sites for hydroxylation is 2. The van der Waals surface area contributed by atoms with Crippen molar-refractivity contribution in [2.45, 2.75) is 72.4 Å². The topological polar surface area (TPSA) is 69.7 Å². The molecule has 0 aliphatic carbocycles. The van der Waals surface area contributed by atoms with Crippen LogP contribution in [-0.2, 0) is 27.9 Å². The second-order valence-electron chi connectivity index (χ2n) is 9.72. The van der Waals surface area contributed by atoms with Crippen LogP contribution in [0, 0.1) is 33.6 Å². The van der Waals surface area contributed by atoms with E-state index in [9.17, 15) is 13.2 Å². The number of nitrogens with one attached hydrogen (secondary N) is 1. The Morgan fingerprint density at radius 1 is 0.971 bits per heavy atom. The summed E-state index contributed by atoms with van der Waals surface area (Å²) >= 11 is 0. The molecule has 0 radical (unpaired) electrons. The summed E-state index contributed by atoms with van der Waals surface area (Å²) in [5.41, 5.74) is 5.97. The van der Waals surface area contributed by atoms with Crippen molar-refractivity contribution in [2.24, 2.45) is 5.92 Å². The number of hydrogen-bond acceptors (Lipinski definition) is 4. The largest absolute Gasteiger partial charge is 0.352 e. The van der Waals surface area contributed by atoms with Gasteiger partial charge in [0.25, 0.3) is 0 Å². The van der Waals surface area contributed by atoms with Gasteiger partial charge in [0.15, 0.2) is 0 Å². The Kier molecular flexibility index (Phi) is 9.13. The molecule has 1 aliphatic heterocycles. The van der Waals surface area contributed by atoms with E-state index in [0.29, 0.717) is 37.4 Å². The average Bonchev–Trinajstić information content (AvgIpc) is 2.85. The summed E-state index contributed by atoms with van der Waals surface area (Å²) in [5, 5.41) is 3.11. The molecule has 2 aromatic rings. The first-order valence-corrected chi connectivity index (χ1v) is 14.2. The fraction of sp³-hybridized carbons (Fsp3) is 0.536. The second kappa shape index (κ2) is 11.7. The number of sulfonamides is 1. The molecule has 0 saturated carbocycles. The molecule has 7 heteroatoms. The maximum Gasteiger partial charge on any atom is 0.243 e. The van der Waals surface area contributed by atoms with Gasteiger partial charge in [0, 0.05) is 32.1 Å². The van der Waals surface area contributed by atoms with Gasteiger partial charge in [-0.1, -0.05) is 44.2 Å². The van der Waals surface area contributed by atoms with Crippen molar-refractivity contribution in [3.63, 3.8) is 0 Å². The lowest BCUT2D eigenvalue weighted by molar-refractivity contribution is -0.126. The van der Waals surface area contributed by atoms with Crippen LogP contribution in [-0.4, -0.2) is 49.7 Å². The van der Waals surface area contributed by atoms with Crippen molar-refractivity contribution in [3.8, 4) is 0 Å². The molecule has 3 rings (SSSR count). The van der Waals surface area contributed by atoms with Gasteiger partial charge >= 0.3 is 0 Å². The van der Waals surface area contributed by atoms with E-state index in [4.69, 9.17) is 0 Å².